The van der Waals surface area contributed by atoms with E-state index in [1.54, 1.807) is 0 Å². The van der Waals surface area contributed by atoms with Crippen molar-refractivity contribution in [2.75, 3.05) is 11.5 Å². The summed E-state index contributed by atoms with van der Waals surface area (Å²) in [6.45, 7) is 8.47. The molecule has 0 amide bonds. The van der Waals surface area contributed by atoms with Crippen molar-refractivity contribution in [3.8, 4) is 0 Å². The van der Waals surface area contributed by atoms with E-state index in [9.17, 15) is 9.59 Å². The van der Waals surface area contributed by atoms with E-state index in [1.807, 2.05) is 0 Å². The summed E-state index contributed by atoms with van der Waals surface area (Å²) >= 11 is 4.87. The molecule has 2 atom stereocenters. The van der Waals surface area contributed by atoms with Crippen LogP contribution in [0.15, 0.2) is 0 Å². The zero-order valence-corrected chi connectivity index (χ0v) is 23.7. The second-order valence-electron chi connectivity index (χ2n) is 8.00. The number of carbonyl (C=O) groups is 2. The molecule has 0 saturated heterocycles. The van der Waals surface area contributed by atoms with Crippen molar-refractivity contribution in [3.05, 3.63) is 0 Å². The minimum atomic E-state index is -3.89. The Kier molecular flexibility index (Phi) is 18.3. The molecule has 0 bridgehead atoms. The fourth-order valence-corrected chi connectivity index (χ4v) is 14.0. The van der Waals surface area contributed by atoms with Gasteiger partial charge < -0.3 is 0 Å². The van der Waals surface area contributed by atoms with E-state index in [0.717, 1.165) is 73.1 Å². The van der Waals surface area contributed by atoms with Gasteiger partial charge in [0, 0.05) is 0 Å². The van der Waals surface area contributed by atoms with Crippen molar-refractivity contribution < 1.29 is 15.7 Å². The summed E-state index contributed by atoms with van der Waals surface area (Å²) in [6, 6.07) is 0. The van der Waals surface area contributed by atoms with Crippen LogP contribution in [-0.2, 0) is 15.7 Å². The topological polar surface area (TPSA) is 52.6 Å². The Morgan fingerprint density at radius 3 is 1.31 bits per heavy atom. The molecule has 0 aromatic heterocycles. The number of hydrogen-bond donors (Lipinski definition) is 2. The fourth-order valence-electron chi connectivity index (χ4n) is 3.24. The van der Waals surface area contributed by atoms with Crippen LogP contribution >= 0.6 is 25.3 Å². The SMILES string of the molecule is CCCCC(CS)C(=O)[O][Sn]([CH2]CCC)([CH2]CCC)[O]C(=O)C(CS)CCCC. The number of unbranched alkanes of at least 4 members (excludes halogenated alkanes) is 4. The first-order valence-corrected chi connectivity index (χ1v) is 19.2. The van der Waals surface area contributed by atoms with Crippen molar-refractivity contribution in [3.63, 3.8) is 0 Å². The molecular formula is C22H44O4S2Sn. The molecule has 0 heterocycles. The molecule has 0 rings (SSSR count). The molecule has 2 unspecified atom stereocenters. The number of carbonyl (C=O) groups excluding carboxylic acids is 2. The van der Waals surface area contributed by atoms with Gasteiger partial charge in [-0.1, -0.05) is 0 Å². The molecule has 29 heavy (non-hydrogen) atoms. The van der Waals surface area contributed by atoms with Gasteiger partial charge in [0.15, 0.2) is 0 Å². The predicted molar refractivity (Wildman–Crippen MR) is 131 cm³/mol. The molecule has 7 heteroatoms. The molecule has 0 aromatic rings. The van der Waals surface area contributed by atoms with Gasteiger partial charge in [0.1, 0.15) is 0 Å². The van der Waals surface area contributed by atoms with Crippen molar-refractivity contribution in [2.45, 2.75) is 101 Å². The molecular weight excluding hydrogens is 511 g/mol. The molecule has 4 nitrogen and oxygen atoms in total. The molecule has 0 radical (unpaired) electrons. The maximum absolute atomic E-state index is 13.0. The second-order valence-corrected chi connectivity index (χ2v) is 18.0. The number of hydrogen-bond acceptors (Lipinski definition) is 6. The molecule has 0 spiro atoms. The van der Waals surface area contributed by atoms with Crippen molar-refractivity contribution in [2.24, 2.45) is 11.8 Å². The normalized spacial score (nSPS) is 13.7. The monoisotopic (exact) mass is 556 g/mol. The third kappa shape index (κ3) is 12.2. The van der Waals surface area contributed by atoms with Crippen LogP contribution in [0.5, 0.6) is 0 Å². The van der Waals surface area contributed by atoms with Gasteiger partial charge in [-0.2, -0.15) is 0 Å². The van der Waals surface area contributed by atoms with Crippen molar-refractivity contribution in [1.82, 2.24) is 0 Å². The Bertz CT molecular complexity index is 409. The van der Waals surface area contributed by atoms with Gasteiger partial charge in [0.05, 0.1) is 0 Å². The van der Waals surface area contributed by atoms with Crippen LogP contribution in [0.3, 0.4) is 0 Å². The van der Waals surface area contributed by atoms with Gasteiger partial charge in [-0.3, -0.25) is 0 Å². The molecule has 0 aliphatic heterocycles. The summed E-state index contributed by atoms with van der Waals surface area (Å²) in [5.74, 6) is 0.146. The Morgan fingerprint density at radius 1 is 0.690 bits per heavy atom. The van der Waals surface area contributed by atoms with E-state index >= 15 is 0 Å². The summed E-state index contributed by atoms with van der Waals surface area (Å²) in [5.41, 5.74) is 0. The zero-order valence-electron chi connectivity index (χ0n) is 19.1. The van der Waals surface area contributed by atoms with E-state index in [4.69, 9.17) is 6.15 Å². The van der Waals surface area contributed by atoms with Crippen LogP contribution in [0.2, 0.25) is 8.87 Å². The molecule has 172 valence electrons. The van der Waals surface area contributed by atoms with Crippen molar-refractivity contribution in [1.29, 1.82) is 0 Å². The van der Waals surface area contributed by atoms with E-state index in [-0.39, 0.29) is 23.8 Å². The van der Waals surface area contributed by atoms with Gasteiger partial charge in [-0.15, -0.1) is 0 Å². The average molecular weight is 555 g/mol. The first-order chi connectivity index (χ1) is 13.9. The number of thiol groups is 2. The van der Waals surface area contributed by atoms with Crippen molar-refractivity contribution >= 4 is 56.4 Å². The molecule has 0 N–H and O–H groups in total. The van der Waals surface area contributed by atoms with Crippen LogP contribution < -0.4 is 0 Å². The summed E-state index contributed by atoms with van der Waals surface area (Å²) in [6.07, 6.45) is 9.45. The predicted octanol–water partition coefficient (Wildman–Crippen LogP) is 6.59. The quantitative estimate of drug-likeness (QED) is 0.148. The first kappa shape index (κ1) is 29.4. The van der Waals surface area contributed by atoms with E-state index < -0.39 is 19.2 Å². The zero-order chi connectivity index (χ0) is 22.1. The Balaban J connectivity index is 5.53. The third-order valence-electron chi connectivity index (χ3n) is 5.32. The van der Waals surface area contributed by atoms with E-state index in [1.165, 1.54) is 0 Å². The Labute approximate surface area is 195 Å². The van der Waals surface area contributed by atoms with Crippen LogP contribution in [0.4, 0.5) is 0 Å². The fraction of sp³-hybridized carbons (Fsp3) is 0.909. The molecule has 0 aliphatic rings. The molecule has 0 saturated carbocycles. The van der Waals surface area contributed by atoms with Gasteiger partial charge in [0.25, 0.3) is 0 Å². The summed E-state index contributed by atoms with van der Waals surface area (Å²) in [5, 5.41) is 0. The Hall–Kier alpha value is 0.439. The van der Waals surface area contributed by atoms with E-state index in [0.29, 0.717) is 11.5 Å². The number of rotatable bonds is 18. The molecule has 0 fully saturated rings. The van der Waals surface area contributed by atoms with Crippen LogP contribution in [-0.4, -0.2) is 42.6 Å². The Morgan fingerprint density at radius 2 is 1.03 bits per heavy atom. The maximum atomic E-state index is 13.0. The minimum absolute atomic E-state index is 0.194. The van der Waals surface area contributed by atoms with Gasteiger partial charge in [-0.05, 0) is 0 Å². The summed E-state index contributed by atoms with van der Waals surface area (Å²) < 4.78 is 13.9. The van der Waals surface area contributed by atoms with Gasteiger partial charge in [-0.25, -0.2) is 0 Å². The van der Waals surface area contributed by atoms with Gasteiger partial charge >= 0.3 is 196 Å². The molecule has 0 aromatic carbocycles. The second kappa shape index (κ2) is 18.1. The third-order valence-corrected chi connectivity index (χ3v) is 15.8. The van der Waals surface area contributed by atoms with Crippen LogP contribution in [0.25, 0.3) is 0 Å². The standard InChI is InChI=1S/2C7H14O2S.2C4H9.Sn/c2*1-2-3-4-6(5-10)7(8)9;2*1-3-4-2;/h2*6,10H,2-5H2,1H3,(H,8,9);2*1,3-4H2,2H3;/q;;;;+2/p-2. The molecule has 0 aliphatic carbocycles. The van der Waals surface area contributed by atoms with Crippen LogP contribution in [0.1, 0.15) is 91.9 Å². The van der Waals surface area contributed by atoms with Crippen LogP contribution in [0, 0.1) is 11.8 Å². The summed E-state index contributed by atoms with van der Waals surface area (Å²) in [7, 11) is 0. The van der Waals surface area contributed by atoms with E-state index in [2.05, 4.69) is 53.0 Å². The van der Waals surface area contributed by atoms with Gasteiger partial charge in [0.2, 0.25) is 0 Å². The average Bonchev–Trinajstić information content (AvgIpc) is 2.71. The summed E-state index contributed by atoms with van der Waals surface area (Å²) in [4.78, 5) is 26.0. The first-order valence-electron chi connectivity index (χ1n) is 11.6.